The Morgan fingerprint density at radius 2 is 1.91 bits per heavy atom. The zero-order valence-electron chi connectivity index (χ0n) is 12.2. The zero-order chi connectivity index (χ0) is 16.8. The van der Waals surface area contributed by atoms with E-state index in [4.69, 9.17) is 0 Å². The molecule has 122 valence electrons. The van der Waals surface area contributed by atoms with Gasteiger partial charge >= 0.3 is 12.6 Å². The molecule has 2 rings (SSSR count). The van der Waals surface area contributed by atoms with Crippen LogP contribution in [0.25, 0.3) is 0 Å². The predicted octanol–water partition coefficient (Wildman–Crippen LogP) is 4.78. The fraction of sp³-hybridized carbons (Fsp3) is 0.188. The first-order valence-corrected chi connectivity index (χ1v) is 7.90. The SMILES string of the molecule is CC(NC(=O)Nc1ccccc1I)c1cccc(OC(F)F)c1. The van der Waals surface area contributed by atoms with Crippen molar-refractivity contribution in [2.45, 2.75) is 19.6 Å². The number of halogens is 3. The minimum absolute atomic E-state index is 0.0594. The third kappa shape index (κ3) is 5.34. The van der Waals surface area contributed by atoms with Gasteiger partial charge in [-0.2, -0.15) is 8.78 Å². The molecule has 0 aliphatic rings. The summed E-state index contributed by atoms with van der Waals surface area (Å²) in [4.78, 5) is 12.0. The maximum atomic E-state index is 12.2. The van der Waals surface area contributed by atoms with Crippen molar-refractivity contribution in [3.63, 3.8) is 0 Å². The number of alkyl halides is 2. The van der Waals surface area contributed by atoms with Crippen molar-refractivity contribution in [3.8, 4) is 5.75 Å². The summed E-state index contributed by atoms with van der Waals surface area (Å²) in [6.45, 7) is -1.12. The van der Waals surface area contributed by atoms with Crippen LogP contribution in [0.1, 0.15) is 18.5 Å². The molecule has 0 aliphatic heterocycles. The quantitative estimate of drug-likeness (QED) is 0.669. The number of rotatable bonds is 5. The molecule has 2 aromatic rings. The van der Waals surface area contributed by atoms with E-state index in [0.717, 1.165) is 3.57 Å². The van der Waals surface area contributed by atoms with Crippen LogP contribution in [0.2, 0.25) is 0 Å². The Bertz CT molecular complexity index is 683. The van der Waals surface area contributed by atoms with Gasteiger partial charge in [0.25, 0.3) is 0 Å². The minimum Gasteiger partial charge on any atom is -0.435 e. The second kappa shape index (κ2) is 8.09. The number of benzene rings is 2. The predicted molar refractivity (Wildman–Crippen MR) is 92.8 cm³/mol. The first-order valence-electron chi connectivity index (χ1n) is 6.82. The summed E-state index contributed by atoms with van der Waals surface area (Å²) in [6.07, 6.45) is 0. The number of hydrogen-bond acceptors (Lipinski definition) is 2. The normalized spacial score (nSPS) is 11.9. The Kier molecular flexibility index (Phi) is 6.14. The van der Waals surface area contributed by atoms with E-state index in [2.05, 4.69) is 38.0 Å². The summed E-state index contributed by atoms with van der Waals surface area (Å²) in [5.74, 6) is 0.0594. The van der Waals surface area contributed by atoms with Crippen molar-refractivity contribution in [1.82, 2.24) is 5.32 Å². The third-order valence-corrected chi connectivity index (χ3v) is 3.99. The Labute approximate surface area is 146 Å². The van der Waals surface area contributed by atoms with E-state index in [1.807, 2.05) is 18.2 Å². The van der Waals surface area contributed by atoms with Gasteiger partial charge in [0.05, 0.1) is 11.7 Å². The van der Waals surface area contributed by atoms with Gasteiger partial charge in [-0.05, 0) is 59.3 Å². The van der Waals surface area contributed by atoms with Crippen LogP contribution in [0.5, 0.6) is 5.75 Å². The minimum atomic E-state index is -2.88. The standard InChI is InChI=1S/C16H15F2IN2O2/c1-10(11-5-4-6-12(9-11)23-15(17)18)20-16(22)21-14-8-3-2-7-13(14)19/h2-10,15H,1H3,(H2,20,21,22). The smallest absolute Gasteiger partial charge is 0.387 e. The summed E-state index contributed by atoms with van der Waals surface area (Å²) < 4.78 is 29.8. The maximum absolute atomic E-state index is 12.2. The van der Waals surface area contributed by atoms with E-state index in [0.29, 0.717) is 11.3 Å². The largest absolute Gasteiger partial charge is 0.435 e. The van der Waals surface area contributed by atoms with Crippen LogP contribution in [0, 0.1) is 3.57 Å². The number of hydrogen-bond donors (Lipinski definition) is 2. The maximum Gasteiger partial charge on any atom is 0.387 e. The highest BCUT2D eigenvalue weighted by atomic mass is 127. The summed E-state index contributed by atoms with van der Waals surface area (Å²) in [6, 6.07) is 12.9. The van der Waals surface area contributed by atoms with Crippen molar-refractivity contribution in [1.29, 1.82) is 0 Å². The summed E-state index contributed by atoms with van der Waals surface area (Å²) in [7, 11) is 0. The zero-order valence-corrected chi connectivity index (χ0v) is 14.4. The van der Waals surface area contributed by atoms with Gasteiger partial charge in [0.1, 0.15) is 5.75 Å². The molecule has 7 heteroatoms. The number of anilines is 1. The number of carbonyl (C=O) groups excluding carboxylic acids is 1. The Morgan fingerprint density at radius 1 is 1.17 bits per heavy atom. The highest BCUT2D eigenvalue weighted by Gasteiger charge is 2.12. The van der Waals surface area contributed by atoms with Crippen LogP contribution in [0.4, 0.5) is 19.3 Å². The van der Waals surface area contributed by atoms with Crippen LogP contribution in [-0.2, 0) is 0 Å². The van der Waals surface area contributed by atoms with E-state index in [9.17, 15) is 13.6 Å². The summed E-state index contributed by atoms with van der Waals surface area (Å²) >= 11 is 2.12. The molecule has 0 spiro atoms. The van der Waals surface area contributed by atoms with E-state index in [-0.39, 0.29) is 17.8 Å². The lowest BCUT2D eigenvalue weighted by Crippen LogP contribution is -2.31. The Hall–Kier alpha value is -1.90. The fourth-order valence-electron chi connectivity index (χ4n) is 1.96. The lowest BCUT2D eigenvalue weighted by atomic mass is 10.1. The first-order chi connectivity index (χ1) is 11.0. The van der Waals surface area contributed by atoms with Gasteiger partial charge in [0, 0.05) is 3.57 Å². The Balaban J connectivity index is 1.99. The first kappa shape index (κ1) is 17.5. The average Bonchev–Trinajstić information content (AvgIpc) is 2.49. The molecule has 0 fully saturated rings. The number of amides is 2. The molecule has 1 unspecified atom stereocenters. The highest BCUT2D eigenvalue weighted by Crippen LogP contribution is 2.21. The molecule has 0 radical (unpaired) electrons. The molecule has 0 heterocycles. The average molecular weight is 432 g/mol. The van der Waals surface area contributed by atoms with Gasteiger partial charge in [-0.25, -0.2) is 4.79 Å². The van der Waals surface area contributed by atoms with Crippen LogP contribution in [0.3, 0.4) is 0 Å². The number of para-hydroxylation sites is 1. The number of carbonyl (C=O) groups is 1. The molecule has 4 nitrogen and oxygen atoms in total. The molecular weight excluding hydrogens is 417 g/mol. The molecular formula is C16H15F2IN2O2. The summed E-state index contributed by atoms with van der Waals surface area (Å²) in [5, 5.41) is 5.50. The second-order valence-corrected chi connectivity index (χ2v) is 5.91. The molecule has 0 bridgehead atoms. The number of nitrogens with one attached hydrogen (secondary N) is 2. The Morgan fingerprint density at radius 3 is 2.61 bits per heavy atom. The lowest BCUT2D eigenvalue weighted by Gasteiger charge is -2.16. The molecule has 2 aromatic carbocycles. The van der Waals surface area contributed by atoms with Crippen molar-refractivity contribution in [2.75, 3.05) is 5.32 Å². The highest BCUT2D eigenvalue weighted by molar-refractivity contribution is 14.1. The number of urea groups is 1. The van der Waals surface area contributed by atoms with Crippen molar-refractivity contribution in [2.24, 2.45) is 0 Å². The number of ether oxygens (including phenoxy) is 1. The van der Waals surface area contributed by atoms with Gasteiger partial charge in [-0.3, -0.25) is 0 Å². The van der Waals surface area contributed by atoms with Gasteiger partial charge in [-0.1, -0.05) is 24.3 Å². The van der Waals surface area contributed by atoms with Crippen LogP contribution in [0.15, 0.2) is 48.5 Å². The monoisotopic (exact) mass is 432 g/mol. The second-order valence-electron chi connectivity index (χ2n) is 4.75. The topological polar surface area (TPSA) is 50.4 Å². The molecule has 0 aromatic heterocycles. The van der Waals surface area contributed by atoms with E-state index in [1.165, 1.54) is 12.1 Å². The van der Waals surface area contributed by atoms with Crippen molar-refractivity contribution >= 4 is 34.3 Å². The van der Waals surface area contributed by atoms with Crippen LogP contribution < -0.4 is 15.4 Å². The van der Waals surface area contributed by atoms with Gasteiger partial charge < -0.3 is 15.4 Å². The van der Waals surface area contributed by atoms with E-state index >= 15 is 0 Å². The van der Waals surface area contributed by atoms with Crippen LogP contribution >= 0.6 is 22.6 Å². The molecule has 0 saturated heterocycles. The molecule has 1 atom stereocenters. The van der Waals surface area contributed by atoms with Gasteiger partial charge in [-0.15, -0.1) is 0 Å². The molecule has 0 saturated carbocycles. The summed E-state index contributed by atoms with van der Waals surface area (Å²) in [5.41, 5.74) is 1.37. The molecule has 2 N–H and O–H groups in total. The molecule has 23 heavy (non-hydrogen) atoms. The van der Waals surface area contributed by atoms with E-state index in [1.54, 1.807) is 25.1 Å². The molecule has 2 amide bonds. The fourth-order valence-corrected chi connectivity index (χ4v) is 2.48. The van der Waals surface area contributed by atoms with Crippen LogP contribution in [-0.4, -0.2) is 12.6 Å². The van der Waals surface area contributed by atoms with Gasteiger partial charge in [0.15, 0.2) is 0 Å². The van der Waals surface area contributed by atoms with Crippen molar-refractivity contribution in [3.05, 3.63) is 57.7 Å². The molecule has 0 aliphatic carbocycles. The van der Waals surface area contributed by atoms with Crippen molar-refractivity contribution < 1.29 is 18.3 Å². The lowest BCUT2D eigenvalue weighted by molar-refractivity contribution is -0.0499. The van der Waals surface area contributed by atoms with E-state index < -0.39 is 6.61 Å². The van der Waals surface area contributed by atoms with Gasteiger partial charge in [0.2, 0.25) is 0 Å². The third-order valence-electron chi connectivity index (χ3n) is 3.05.